The Morgan fingerprint density at radius 3 is 2.67 bits per heavy atom. The third-order valence-corrected chi connectivity index (χ3v) is 3.17. The lowest BCUT2D eigenvalue weighted by molar-refractivity contribution is 0.455. The van der Waals surface area contributed by atoms with E-state index in [-0.39, 0.29) is 18.4 Å². The number of hydrogen-bond donors (Lipinski definition) is 2. The first-order valence-corrected chi connectivity index (χ1v) is 5.70. The molecule has 0 heterocycles. The summed E-state index contributed by atoms with van der Waals surface area (Å²) in [7, 11) is 0. The maximum absolute atomic E-state index is 9.69. The predicted molar refractivity (Wildman–Crippen MR) is 67.3 cm³/mol. The number of phenolic OH excluding ortho intramolecular Hbond substituents is 1. The van der Waals surface area contributed by atoms with E-state index in [0.29, 0.717) is 5.75 Å². The van der Waals surface area contributed by atoms with Crippen LogP contribution in [0.4, 0.5) is 0 Å². The van der Waals surface area contributed by atoms with Gasteiger partial charge in [-0.15, -0.1) is 12.4 Å². The number of rotatable bonds is 3. The maximum Gasteiger partial charge on any atom is 0.121 e. The van der Waals surface area contributed by atoms with Crippen molar-refractivity contribution in [2.24, 2.45) is 11.7 Å². The smallest absolute Gasteiger partial charge is 0.121 e. The van der Waals surface area contributed by atoms with Gasteiger partial charge in [-0.1, -0.05) is 34.8 Å². The van der Waals surface area contributed by atoms with Gasteiger partial charge in [0, 0.05) is 16.1 Å². The lowest BCUT2D eigenvalue weighted by Gasteiger charge is -2.13. The average Bonchev–Trinajstić information content (AvgIpc) is 2.87. The number of hydrogen-bond acceptors (Lipinski definition) is 2. The van der Waals surface area contributed by atoms with Gasteiger partial charge >= 0.3 is 0 Å². The first-order chi connectivity index (χ1) is 6.66. The van der Waals surface area contributed by atoms with Crippen molar-refractivity contribution in [1.29, 1.82) is 0 Å². The van der Waals surface area contributed by atoms with Crippen molar-refractivity contribution < 1.29 is 5.11 Å². The third-order valence-electron chi connectivity index (χ3n) is 2.68. The zero-order valence-electron chi connectivity index (χ0n) is 8.32. The second kappa shape index (κ2) is 5.19. The van der Waals surface area contributed by atoms with Crippen molar-refractivity contribution in [3.8, 4) is 5.75 Å². The quantitative estimate of drug-likeness (QED) is 0.897. The second-order valence-electron chi connectivity index (χ2n) is 3.99. The van der Waals surface area contributed by atoms with E-state index >= 15 is 0 Å². The summed E-state index contributed by atoms with van der Waals surface area (Å²) in [4.78, 5) is 0. The average molecular weight is 293 g/mol. The minimum absolute atomic E-state index is 0. The number of halogens is 2. The first kappa shape index (κ1) is 12.8. The van der Waals surface area contributed by atoms with Gasteiger partial charge in [0.1, 0.15) is 5.75 Å². The fourth-order valence-corrected chi connectivity index (χ4v) is 2.02. The van der Waals surface area contributed by atoms with E-state index < -0.39 is 0 Å². The van der Waals surface area contributed by atoms with Gasteiger partial charge in [-0.3, -0.25) is 0 Å². The first-order valence-electron chi connectivity index (χ1n) is 4.91. The SMILES string of the molecule is Cl.N[C@@H](CC1CC1)c1ccc(Br)cc1O. The molecule has 1 aromatic rings. The fourth-order valence-electron chi connectivity index (χ4n) is 1.67. The lowest BCUT2D eigenvalue weighted by Crippen LogP contribution is -2.11. The van der Waals surface area contributed by atoms with Crippen molar-refractivity contribution in [3.05, 3.63) is 28.2 Å². The van der Waals surface area contributed by atoms with Crippen LogP contribution in [-0.2, 0) is 0 Å². The monoisotopic (exact) mass is 291 g/mol. The van der Waals surface area contributed by atoms with Crippen molar-refractivity contribution in [3.63, 3.8) is 0 Å². The van der Waals surface area contributed by atoms with Crippen molar-refractivity contribution in [1.82, 2.24) is 0 Å². The summed E-state index contributed by atoms with van der Waals surface area (Å²) in [6.07, 6.45) is 3.59. The van der Waals surface area contributed by atoms with E-state index in [2.05, 4.69) is 15.9 Å². The summed E-state index contributed by atoms with van der Waals surface area (Å²) >= 11 is 3.31. The molecule has 0 aliphatic heterocycles. The minimum atomic E-state index is -0.0180. The Kier molecular flexibility index (Phi) is 4.44. The summed E-state index contributed by atoms with van der Waals surface area (Å²) in [6, 6.07) is 5.49. The molecule has 1 saturated carbocycles. The molecule has 0 bridgehead atoms. The predicted octanol–water partition coefficient (Wildman–Crippen LogP) is 3.38. The molecule has 1 aliphatic rings. The minimum Gasteiger partial charge on any atom is -0.508 e. The summed E-state index contributed by atoms with van der Waals surface area (Å²) in [5.74, 6) is 1.08. The topological polar surface area (TPSA) is 46.2 Å². The van der Waals surface area contributed by atoms with Crippen LogP contribution in [0, 0.1) is 5.92 Å². The van der Waals surface area contributed by atoms with Crippen molar-refractivity contribution in [2.45, 2.75) is 25.3 Å². The molecule has 1 aliphatic carbocycles. The maximum atomic E-state index is 9.69. The van der Waals surface area contributed by atoms with Gasteiger partial charge in [0.25, 0.3) is 0 Å². The van der Waals surface area contributed by atoms with Gasteiger partial charge in [-0.25, -0.2) is 0 Å². The molecular weight excluding hydrogens is 277 g/mol. The van der Waals surface area contributed by atoms with Crippen LogP contribution < -0.4 is 5.73 Å². The van der Waals surface area contributed by atoms with E-state index in [1.165, 1.54) is 12.8 Å². The van der Waals surface area contributed by atoms with Gasteiger partial charge < -0.3 is 10.8 Å². The summed E-state index contributed by atoms with van der Waals surface area (Å²) in [5, 5.41) is 9.69. The highest BCUT2D eigenvalue weighted by atomic mass is 79.9. The van der Waals surface area contributed by atoms with Crippen LogP contribution in [0.15, 0.2) is 22.7 Å². The molecule has 2 rings (SSSR count). The van der Waals surface area contributed by atoms with Gasteiger partial charge in [0.15, 0.2) is 0 Å². The van der Waals surface area contributed by atoms with E-state index in [1.54, 1.807) is 6.07 Å². The summed E-state index contributed by atoms with van der Waals surface area (Å²) in [5.41, 5.74) is 6.87. The molecular formula is C11H15BrClNO. The molecule has 3 N–H and O–H groups in total. The molecule has 0 radical (unpaired) electrons. The van der Waals surface area contributed by atoms with Crippen LogP contribution in [0.1, 0.15) is 30.9 Å². The van der Waals surface area contributed by atoms with E-state index in [4.69, 9.17) is 5.73 Å². The van der Waals surface area contributed by atoms with Crippen LogP contribution >= 0.6 is 28.3 Å². The molecule has 1 atom stereocenters. The third kappa shape index (κ3) is 3.37. The highest BCUT2D eigenvalue weighted by Gasteiger charge is 2.25. The number of nitrogens with two attached hydrogens (primary N) is 1. The van der Waals surface area contributed by atoms with Crippen LogP contribution in [0.25, 0.3) is 0 Å². The molecule has 0 spiro atoms. The molecule has 0 unspecified atom stereocenters. The summed E-state index contributed by atoms with van der Waals surface area (Å²) < 4.78 is 0.886. The summed E-state index contributed by atoms with van der Waals surface area (Å²) in [6.45, 7) is 0. The Hall–Kier alpha value is -0.250. The number of aromatic hydroxyl groups is 1. The Bertz CT molecular complexity index is 341. The normalized spacial score (nSPS) is 16.9. The van der Waals surface area contributed by atoms with Gasteiger partial charge in [-0.05, 0) is 24.5 Å². The van der Waals surface area contributed by atoms with E-state index in [9.17, 15) is 5.11 Å². The molecule has 4 heteroatoms. The number of phenols is 1. The Morgan fingerprint density at radius 1 is 1.47 bits per heavy atom. The standard InChI is InChI=1S/C11H14BrNO.ClH/c12-8-3-4-9(11(14)6-8)10(13)5-7-1-2-7;/h3-4,6-7,10,14H,1-2,5,13H2;1H/t10-;/m0./s1. The second-order valence-corrected chi connectivity index (χ2v) is 4.90. The molecule has 0 aromatic heterocycles. The van der Waals surface area contributed by atoms with Crippen LogP contribution in [0.2, 0.25) is 0 Å². The van der Waals surface area contributed by atoms with Crippen molar-refractivity contribution >= 4 is 28.3 Å². The Morgan fingerprint density at radius 2 is 2.13 bits per heavy atom. The highest BCUT2D eigenvalue weighted by Crippen LogP contribution is 2.38. The Balaban J connectivity index is 0.00000112. The fraction of sp³-hybridized carbons (Fsp3) is 0.455. The van der Waals surface area contributed by atoms with Crippen LogP contribution in [-0.4, -0.2) is 5.11 Å². The lowest BCUT2D eigenvalue weighted by atomic mass is 10.0. The molecule has 15 heavy (non-hydrogen) atoms. The van der Waals surface area contributed by atoms with Gasteiger partial charge in [0.05, 0.1) is 0 Å². The molecule has 0 amide bonds. The zero-order valence-corrected chi connectivity index (χ0v) is 10.7. The number of benzene rings is 1. The van der Waals surface area contributed by atoms with E-state index in [0.717, 1.165) is 22.4 Å². The van der Waals surface area contributed by atoms with Crippen molar-refractivity contribution in [2.75, 3.05) is 0 Å². The molecule has 0 saturated heterocycles. The van der Waals surface area contributed by atoms with Gasteiger partial charge in [0.2, 0.25) is 0 Å². The largest absolute Gasteiger partial charge is 0.508 e. The van der Waals surface area contributed by atoms with Crippen LogP contribution in [0.5, 0.6) is 5.75 Å². The highest BCUT2D eigenvalue weighted by molar-refractivity contribution is 9.10. The molecule has 2 nitrogen and oxygen atoms in total. The van der Waals surface area contributed by atoms with Gasteiger partial charge in [-0.2, -0.15) is 0 Å². The van der Waals surface area contributed by atoms with Crippen LogP contribution in [0.3, 0.4) is 0 Å². The molecule has 84 valence electrons. The molecule has 1 fully saturated rings. The Labute approximate surface area is 104 Å². The van der Waals surface area contributed by atoms with E-state index in [1.807, 2.05) is 12.1 Å². The molecule has 1 aromatic carbocycles. The zero-order chi connectivity index (χ0) is 10.1.